The number of benzene rings is 1. The lowest BCUT2D eigenvalue weighted by atomic mass is 9.85. The van der Waals surface area contributed by atoms with Crippen LogP contribution in [0.1, 0.15) is 28.9 Å². The zero-order valence-corrected chi connectivity index (χ0v) is 18.2. The summed E-state index contributed by atoms with van der Waals surface area (Å²) < 4.78 is 49.0. The maximum Gasteiger partial charge on any atom is 0.417 e. The summed E-state index contributed by atoms with van der Waals surface area (Å²) in [7, 11) is 0. The van der Waals surface area contributed by atoms with Crippen LogP contribution < -0.4 is 10.1 Å². The summed E-state index contributed by atoms with van der Waals surface area (Å²) in [5, 5.41) is 3.79. The Hall–Kier alpha value is -3.24. The van der Waals surface area contributed by atoms with E-state index in [2.05, 4.69) is 20.2 Å². The van der Waals surface area contributed by atoms with Crippen molar-refractivity contribution in [2.75, 3.05) is 26.3 Å². The first-order valence-corrected chi connectivity index (χ1v) is 11.1. The number of ether oxygens (including phenoxy) is 2. The normalized spacial score (nSPS) is 21.1. The van der Waals surface area contributed by atoms with Gasteiger partial charge in [-0.15, -0.1) is 0 Å². The molecule has 1 N–H and O–H groups in total. The monoisotopic (exact) mass is 472 g/mol. The van der Waals surface area contributed by atoms with Crippen LogP contribution in [0.4, 0.5) is 13.2 Å². The minimum atomic E-state index is -4.45. The molecule has 3 heterocycles. The van der Waals surface area contributed by atoms with Crippen LogP contribution >= 0.6 is 0 Å². The van der Waals surface area contributed by atoms with Gasteiger partial charge in [-0.25, -0.2) is 9.97 Å². The average Bonchev–Trinajstić information content (AvgIpc) is 2.81. The smallest absolute Gasteiger partial charge is 0.417 e. The van der Waals surface area contributed by atoms with E-state index in [0.717, 1.165) is 56.8 Å². The second kappa shape index (κ2) is 9.19. The van der Waals surface area contributed by atoms with E-state index in [9.17, 15) is 18.0 Å². The van der Waals surface area contributed by atoms with Crippen LogP contribution in [0.3, 0.4) is 0 Å². The van der Waals surface area contributed by atoms with Crippen molar-refractivity contribution in [2.45, 2.75) is 31.1 Å². The largest absolute Gasteiger partial charge is 0.439 e. The van der Waals surface area contributed by atoms with Crippen LogP contribution in [-0.2, 0) is 10.9 Å². The average molecular weight is 472 g/mol. The van der Waals surface area contributed by atoms with Crippen molar-refractivity contribution >= 4 is 16.8 Å². The highest BCUT2D eigenvalue weighted by molar-refractivity contribution is 5.95. The van der Waals surface area contributed by atoms with Crippen LogP contribution in [0.15, 0.2) is 48.7 Å². The van der Waals surface area contributed by atoms with E-state index in [-0.39, 0.29) is 17.8 Å². The van der Waals surface area contributed by atoms with Gasteiger partial charge in [0.2, 0.25) is 5.88 Å². The van der Waals surface area contributed by atoms with Crippen LogP contribution in [-0.4, -0.2) is 59.2 Å². The maximum absolute atomic E-state index is 12.7. The summed E-state index contributed by atoms with van der Waals surface area (Å²) in [6.07, 6.45) is -1.86. The Kier molecular flexibility index (Phi) is 6.09. The van der Waals surface area contributed by atoms with Crippen molar-refractivity contribution in [3.05, 3.63) is 59.9 Å². The third kappa shape index (κ3) is 4.97. The number of nitrogens with zero attached hydrogens (tertiary/aromatic N) is 3. The number of pyridine rings is 2. The van der Waals surface area contributed by atoms with Crippen molar-refractivity contribution in [2.24, 2.45) is 0 Å². The van der Waals surface area contributed by atoms with E-state index in [1.807, 2.05) is 0 Å². The highest BCUT2D eigenvalue weighted by Gasteiger charge is 2.35. The fraction of sp³-hybridized carbons (Fsp3) is 0.375. The molecule has 1 saturated carbocycles. The lowest BCUT2D eigenvalue weighted by Gasteiger charge is -2.44. The van der Waals surface area contributed by atoms with E-state index in [1.54, 1.807) is 30.3 Å². The van der Waals surface area contributed by atoms with Gasteiger partial charge in [0.05, 0.1) is 24.3 Å². The Morgan fingerprint density at radius 1 is 1.09 bits per heavy atom. The summed E-state index contributed by atoms with van der Waals surface area (Å²) in [6, 6.07) is 11.2. The molecule has 1 aliphatic carbocycles. The number of fused-ring (bicyclic) bond motifs is 1. The van der Waals surface area contributed by atoms with Gasteiger partial charge in [-0.2, -0.15) is 13.2 Å². The molecule has 10 heteroatoms. The summed E-state index contributed by atoms with van der Waals surface area (Å²) >= 11 is 0. The number of carbonyl (C=O) groups excluding carboxylic acids is 1. The Morgan fingerprint density at radius 3 is 2.59 bits per heavy atom. The zero-order chi connectivity index (χ0) is 23.7. The summed E-state index contributed by atoms with van der Waals surface area (Å²) in [5.41, 5.74) is 0.104. The van der Waals surface area contributed by atoms with Crippen molar-refractivity contribution in [1.82, 2.24) is 20.2 Å². The molecule has 178 valence electrons. The number of nitrogens with one attached hydrogen (secondary N) is 1. The van der Waals surface area contributed by atoms with E-state index in [1.165, 1.54) is 6.07 Å². The molecule has 3 aromatic rings. The van der Waals surface area contributed by atoms with E-state index in [4.69, 9.17) is 9.47 Å². The summed E-state index contributed by atoms with van der Waals surface area (Å²) in [5.74, 6) is 0.246. The highest BCUT2D eigenvalue weighted by atomic mass is 19.4. The van der Waals surface area contributed by atoms with Crippen molar-refractivity contribution in [1.29, 1.82) is 0 Å². The number of alkyl halides is 3. The SMILES string of the molecule is O=C(NC1CC(N2CCOCC2)C1)c1ccc2cc(Oc3ccc(C(F)(F)F)cn3)ccc2n1. The van der Waals surface area contributed by atoms with Crippen molar-refractivity contribution in [3.8, 4) is 11.6 Å². The van der Waals surface area contributed by atoms with Gasteiger partial charge in [-0.05, 0) is 43.2 Å². The molecule has 2 aliphatic rings. The first kappa shape index (κ1) is 22.5. The van der Waals surface area contributed by atoms with Crippen LogP contribution in [0.25, 0.3) is 10.9 Å². The molecular formula is C24H23F3N4O3. The van der Waals surface area contributed by atoms with E-state index in [0.29, 0.717) is 23.0 Å². The zero-order valence-electron chi connectivity index (χ0n) is 18.2. The fourth-order valence-corrected chi connectivity index (χ4v) is 4.23. The number of morpholine rings is 1. The van der Waals surface area contributed by atoms with E-state index >= 15 is 0 Å². The Labute approximate surface area is 193 Å². The quantitative estimate of drug-likeness (QED) is 0.604. The van der Waals surface area contributed by atoms with Crippen molar-refractivity contribution < 1.29 is 27.4 Å². The molecule has 0 spiro atoms. The minimum absolute atomic E-state index is 0.0483. The predicted molar refractivity (Wildman–Crippen MR) is 118 cm³/mol. The molecule has 34 heavy (non-hydrogen) atoms. The van der Waals surface area contributed by atoms with Gasteiger partial charge in [0.15, 0.2) is 0 Å². The van der Waals surface area contributed by atoms with Crippen LogP contribution in [0.2, 0.25) is 0 Å². The van der Waals surface area contributed by atoms with Gasteiger partial charge in [0, 0.05) is 42.8 Å². The predicted octanol–water partition coefficient (Wildman–Crippen LogP) is 4.03. The molecule has 2 fully saturated rings. The summed E-state index contributed by atoms with van der Waals surface area (Å²) in [6.45, 7) is 3.42. The molecule has 5 rings (SSSR count). The molecule has 7 nitrogen and oxygen atoms in total. The summed E-state index contributed by atoms with van der Waals surface area (Å²) in [4.78, 5) is 23.2. The molecule has 0 bridgehead atoms. The molecule has 2 aromatic heterocycles. The fourth-order valence-electron chi connectivity index (χ4n) is 4.23. The number of halogens is 3. The van der Waals surface area contributed by atoms with Crippen LogP contribution in [0.5, 0.6) is 11.6 Å². The van der Waals surface area contributed by atoms with Gasteiger partial charge < -0.3 is 14.8 Å². The molecule has 0 unspecified atom stereocenters. The topological polar surface area (TPSA) is 76.6 Å². The first-order chi connectivity index (χ1) is 16.3. The van der Waals surface area contributed by atoms with Crippen LogP contribution in [0, 0.1) is 0 Å². The van der Waals surface area contributed by atoms with Gasteiger partial charge in [0.25, 0.3) is 5.91 Å². The third-order valence-electron chi connectivity index (χ3n) is 6.19. The molecular weight excluding hydrogens is 449 g/mol. The molecule has 0 atom stereocenters. The molecule has 1 aliphatic heterocycles. The van der Waals surface area contributed by atoms with Gasteiger partial charge in [-0.1, -0.05) is 6.07 Å². The lowest BCUT2D eigenvalue weighted by Crippen LogP contribution is -2.56. The number of hydrogen-bond acceptors (Lipinski definition) is 6. The van der Waals surface area contributed by atoms with Crippen molar-refractivity contribution in [3.63, 3.8) is 0 Å². The van der Waals surface area contributed by atoms with Gasteiger partial charge in [-0.3, -0.25) is 9.69 Å². The van der Waals surface area contributed by atoms with E-state index < -0.39 is 11.7 Å². The number of aromatic nitrogens is 2. The Balaban J connectivity index is 1.19. The second-order valence-electron chi connectivity index (χ2n) is 8.48. The first-order valence-electron chi connectivity index (χ1n) is 11.1. The number of hydrogen-bond donors (Lipinski definition) is 1. The maximum atomic E-state index is 12.7. The lowest BCUT2D eigenvalue weighted by molar-refractivity contribution is -0.137. The number of amides is 1. The minimum Gasteiger partial charge on any atom is -0.439 e. The number of rotatable bonds is 5. The molecule has 1 amide bonds. The molecule has 1 aromatic carbocycles. The molecule has 1 saturated heterocycles. The molecule has 0 radical (unpaired) electrons. The Morgan fingerprint density at radius 2 is 1.88 bits per heavy atom. The third-order valence-corrected chi connectivity index (χ3v) is 6.19. The van der Waals surface area contributed by atoms with Gasteiger partial charge >= 0.3 is 6.18 Å². The Bertz CT molecular complexity index is 1170. The second-order valence-corrected chi connectivity index (χ2v) is 8.48. The van der Waals surface area contributed by atoms with Gasteiger partial charge in [0.1, 0.15) is 11.4 Å². The number of carbonyl (C=O) groups is 1. The standard InChI is InChI=1S/C24H23F3N4O3/c25-24(26,27)16-2-6-22(28-14-16)34-19-3-5-20-15(11-19)1-4-21(30-20)23(32)29-17-12-18(13-17)31-7-9-33-10-8-31/h1-6,11,14,17-18H,7-10,12-13H2,(H,29,32). The highest BCUT2D eigenvalue weighted by Crippen LogP contribution is 2.31.